The van der Waals surface area contributed by atoms with E-state index in [1.165, 1.54) is 11.1 Å². The maximum Gasteiger partial charge on any atom is 0.0978 e. The summed E-state index contributed by atoms with van der Waals surface area (Å²) in [5.41, 5.74) is 7.31. The second kappa shape index (κ2) is 7.09. The SMILES string of the molecule is c1ccc(-c2cc(-c3ccccc3)c3ccnc(-c4ccccc4)c3n2)cc1. The van der Waals surface area contributed by atoms with Crippen molar-refractivity contribution in [2.45, 2.75) is 0 Å². The standard InChI is InChI=1S/C26H18N2/c1-4-10-19(11-5-1)23-18-24(20-12-6-2-7-13-20)28-26-22(23)16-17-27-25(26)21-14-8-3-9-15-21/h1-18H. The topological polar surface area (TPSA) is 25.8 Å². The Balaban J connectivity index is 1.86. The second-order valence-electron chi connectivity index (χ2n) is 6.71. The summed E-state index contributed by atoms with van der Waals surface area (Å²) < 4.78 is 0. The lowest BCUT2D eigenvalue weighted by Gasteiger charge is -2.13. The Hall–Kier alpha value is -3.78. The molecule has 0 atom stereocenters. The molecule has 0 unspecified atom stereocenters. The van der Waals surface area contributed by atoms with Crippen molar-refractivity contribution >= 4 is 10.9 Å². The first-order chi connectivity index (χ1) is 13.9. The second-order valence-corrected chi connectivity index (χ2v) is 6.71. The van der Waals surface area contributed by atoms with Crippen molar-refractivity contribution < 1.29 is 0 Å². The number of rotatable bonds is 3. The monoisotopic (exact) mass is 358 g/mol. The van der Waals surface area contributed by atoms with Crippen LogP contribution in [0, 0.1) is 0 Å². The predicted octanol–water partition coefficient (Wildman–Crippen LogP) is 6.63. The molecule has 0 saturated carbocycles. The molecule has 2 heterocycles. The highest BCUT2D eigenvalue weighted by Crippen LogP contribution is 2.35. The lowest BCUT2D eigenvalue weighted by atomic mass is 9.97. The third-order valence-electron chi connectivity index (χ3n) is 4.93. The summed E-state index contributed by atoms with van der Waals surface area (Å²) in [5, 5.41) is 1.11. The van der Waals surface area contributed by atoms with Crippen molar-refractivity contribution in [3.63, 3.8) is 0 Å². The zero-order valence-electron chi connectivity index (χ0n) is 15.3. The summed E-state index contributed by atoms with van der Waals surface area (Å²) in [6, 6.07) is 35.3. The summed E-state index contributed by atoms with van der Waals surface area (Å²) in [6.45, 7) is 0. The molecule has 0 bridgehead atoms. The summed E-state index contributed by atoms with van der Waals surface area (Å²) in [4.78, 5) is 9.73. The summed E-state index contributed by atoms with van der Waals surface area (Å²) >= 11 is 0. The predicted molar refractivity (Wildman–Crippen MR) is 116 cm³/mol. The number of aromatic nitrogens is 2. The van der Waals surface area contributed by atoms with Gasteiger partial charge in [0.15, 0.2) is 0 Å². The van der Waals surface area contributed by atoms with Gasteiger partial charge in [0.2, 0.25) is 0 Å². The van der Waals surface area contributed by atoms with E-state index in [1.54, 1.807) is 0 Å². The fourth-order valence-electron chi connectivity index (χ4n) is 3.57. The van der Waals surface area contributed by atoms with Crippen molar-refractivity contribution in [3.05, 3.63) is 109 Å². The maximum absolute atomic E-state index is 5.05. The molecule has 2 heteroatoms. The number of fused-ring (bicyclic) bond motifs is 1. The largest absolute Gasteiger partial charge is 0.254 e. The lowest BCUT2D eigenvalue weighted by Crippen LogP contribution is -1.94. The van der Waals surface area contributed by atoms with Crippen molar-refractivity contribution in [2.24, 2.45) is 0 Å². The minimum absolute atomic E-state index is 0.910. The number of hydrogen-bond donors (Lipinski definition) is 0. The van der Waals surface area contributed by atoms with Crippen LogP contribution in [0.15, 0.2) is 109 Å². The molecule has 3 aromatic carbocycles. The van der Waals surface area contributed by atoms with Gasteiger partial charge in [0.05, 0.1) is 16.9 Å². The Labute approximate surface area is 164 Å². The van der Waals surface area contributed by atoms with Crippen LogP contribution in [0.2, 0.25) is 0 Å². The first-order valence-electron chi connectivity index (χ1n) is 9.36. The fraction of sp³-hybridized carbons (Fsp3) is 0. The van der Waals surface area contributed by atoms with Gasteiger partial charge in [-0.15, -0.1) is 0 Å². The van der Waals surface area contributed by atoms with Crippen LogP contribution < -0.4 is 0 Å². The molecule has 0 aliphatic rings. The van der Waals surface area contributed by atoms with E-state index in [0.717, 1.165) is 33.4 Å². The van der Waals surface area contributed by atoms with E-state index in [9.17, 15) is 0 Å². The third kappa shape index (κ3) is 2.95. The smallest absolute Gasteiger partial charge is 0.0978 e. The Morgan fingerprint density at radius 1 is 0.536 bits per heavy atom. The van der Waals surface area contributed by atoms with E-state index >= 15 is 0 Å². The van der Waals surface area contributed by atoms with Crippen LogP contribution in [-0.4, -0.2) is 9.97 Å². The molecule has 0 saturated heterocycles. The van der Waals surface area contributed by atoms with Crippen LogP contribution in [0.25, 0.3) is 44.5 Å². The molecular weight excluding hydrogens is 340 g/mol. The average Bonchev–Trinajstić information content (AvgIpc) is 2.79. The zero-order valence-corrected chi connectivity index (χ0v) is 15.3. The number of benzene rings is 3. The average molecular weight is 358 g/mol. The summed E-state index contributed by atoms with van der Waals surface area (Å²) in [7, 11) is 0. The normalized spacial score (nSPS) is 10.9. The zero-order chi connectivity index (χ0) is 18.8. The van der Waals surface area contributed by atoms with E-state index in [-0.39, 0.29) is 0 Å². The Kier molecular flexibility index (Phi) is 4.15. The molecule has 0 N–H and O–H groups in total. The van der Waals surface area contributed by atoms with Gasteiger partial charge in [0, 0.05) is 22.7 Å². The minimum Gasteiger partial charge on any atom is -0.254 e. The van der Waals surface area contributed by atoms with Crippen LogP contribution in [0.1, 0.15) is 0 Å². The van der Waals surface area contributed by atoms with E-state index in [4.69, 9.17) is 4.98 Å². The molecule has 2 aromatic heterocycles. The molecule has 0 amide bonds. The van der Waals surface area contributed by atoms with Crippen molar-refractivity contribution in [1.82, 2.24) is 9.97 Å². The quantitative estimate of drug-likeness (QED) is 0.362. The van der Waals surface area contributed by atoms with Gasteiger partial charge in [-0.05, 0) is 23.3 Å². The van der Waals surface area contributed by atoms with Crippen LogP contribution >= 0.6 is 0 Å². The molecule has 0 fully saturated rings. The van der Waals surface area contributed by atoms with Gasteiger partial charge in [-0.2, -0.15) is 0 Å². The first-order valence-corrected chi connectivity index (χ1v) is 9.36. The molecule has 132 valence electrons. The lowest BCUT2D eigenvalue weighted by molar-refractivity contribution is 1.31. The van der Waals surface area contributed by atoms with Gasteiger partial charge < -0.3 is 0 Å². The van der Waals surface area contributed by atoms with Crippen molar-refractivity contribution in [2.75, 3.05) is 0 Å². The van der Waals surface area contributed by atoms with Crippen LogP contribution in [0.3, 0.4) is 0 Å². The fourth-order valence-corrected chi connectivity index (χ4v) is 3.57. The van der Waals surface area contributed by atoms with Gasteiger partial charge >= 0.3 is 0 Å². The van der Waals surface area contributed by atoms with E-state index in [0.29, 0.717) is 0 Å². The first kappa shape index (κ1) is 16.4. The van der Waals surface area contributed by atoms with Gasteiger partial charge in [-0.25, -0.2) is 4.98 Å². The molecule has 2 nitrogen and oxygen atoms in total. The number of pyridine rings is 2. The Morgan fingerprint density at radius 2 is 1.11 bits per heavy atom. The molecule has 0 spiro atoms. The maximum atomic E-state index is 5.05. The van der Waals surface area contributed by atoms with Crippen LogP contribution in [0.4, 0.5) is 0 Å². The Bertz CT molecular complexity index is 1230. The molecule has 0 radical (unpaired) electrons. The molecular formula is C26H18N2. The van der Waals surface area contributed by atoms with Crippen LogP contribution in [0.5, 0.6) is 0 Å². The van der Waals surface area contributed by atoms with Crippen molar-refractivity contribution in [3.8, 4) is 33.6 Å². The molecule has 28 heavy (non-hydrogen) atoms. The van der Waals surface area contributed by atoms with E-state index in [2.05, 4.69) is 65.6 Å². The Morgan fingerprint density at radius 3 is 1.75 bits per heavy atom. The molecule has 0 aliphatic heterocycles. The van der Waals surface area contributed by atoms with Gasteiger partial charge in [0.1, 0.15) is 0 Å². The molecule has 5 aromatic rings. The van der Waals surface area contributed by atoms with Gasteiger partial charge in [-0.1, -0.05) is 91.0 Å². The highest BCUT2D eigenvalue weighted by Gasteiger charge is 2.14. The van der Waals surface area contributed by atoms with Crippen molar-refractivity contribution in [1.29, 1.82) is 0 Å². The highest BCUT2D eigenvalue weighted by molar-refractivity contribution is 6.02. The van der Waals surface area contributed by atoms with Gasteiger partial charge in [0.25, 0.3) is 0 Å². The van der Waals surface area contributed by atoms with E-state index < -0.39 is 0 Å². The molecule has 5 rings (SSSR count). The third-order valence-corrected chi connectivity index (χ3v) is 4.93. The summed E-state index contributed by atoms with van der Waals surface area (Å²) in [5.74, 6) is 0. The van der Waals surface area contributed by atoms with Crippen LogP contribution in [-0.2, 0) is 0 Å². The molecule has 0 aliphatic carbocycles. The highest BCUT2D eigenvalue weighted by atomic mass is 14.8. The minimum atomic E-state index is 0.910. The summed E-state index contributed by atoms with van der Waals surface area (Å²) in [6.07, 6.45) is 1.88. The number of hydrogen-bond acceptors (Lipinski definition) is 2. The van der Waals surface area contributed by atoms with Gasteiger partial charge in [-0.3, -0.25) is 4.98 Å². The van der Waals surface area contributed by atoms with E-state index in [1.807, 2.05) is 48.7 Å². The number of nitrogens with zero attached hydrogens (tertiary/aromatic N) is 2.